The summed E-state index contributed by atoms with van der Waals surface area (Å²) in [4.78, 5) is 11.7. The van der Waals surface area contributed by atoms with Crippen molar-refractivity contribution in [2.45, 2.75) is 116 Å². The Bertz CT molecular complexity index is 523. The van der Waals surface area contributed by atoms with Crippen LogP contribution in [0.2, 0.25) is 0 Å². The molecule has 1 rings (SSSR count). The van der Waals surface area contributed by atoms with Crippen molar-refractivity contribution in [3.8, 4) is 5.75 Å². The molecule has 1 aromatic carbocycles. The Balaban J connectivity index is 2.06. The minimum Gasteiger partial charge on any atom is -0.508 e. The number of phenolic OH excluding ortho intramolecular Hbond substituents is 1. The second-order valence-corrected chi connectivity index (χ2v) is 8.71. The van der Waals surface area contributed by atoms with Gasteiger partial charge in [0.15, 0.2) is 0 Å². The predicted molar refractivity (Wildman–Crippen MR) is 123 cm³/mol. The van der Waals surface area contributed by atoms with Crippen molar-refractivity contribution in [1.29, 1.82) is 0 Å². The summed E-state index contributed by atoms with van der Waals surface area (Å²) in [6, 6.07) is 6.94. The summed E-state index contributed by atoms with van der Waals surface area (Å²) in [5.74, 6) is -0.869. The molecule has 166 valence electrons. The minimum atomic E-state index is -0.708. The molecule has 0 bridgehead atoms. The third-order valence-electron chi connectivity index (χ3n) is 6.21. The van der Waals surface area contributed by atoms with Crippen LogP contribution >= 0.6 is 0 Å². The zero-order valence-corrected chi connectivity index (χ0v) is 18.9. The summed E-state index contributed by atoms with van der Waals surface area (Å²) in [7, 11) is 0. The lowest BCUT2D eigenvalue weighted by molar-refractivity contribution is -0.142. The van der Waals surface area contributed by atoms with Crippen LogP contribution in [0.1, 0.15) is 122 Å². The zero-order chi connectivity index (χ0) is 21.3. The van der Waals surface area contributed by atoms with Crippen LogP contribution in [0.4, 0.5) is 0 Å². The summed E-state index contributed by atoms with van der Waals surface area (Å²) >= 11 is 0. The van der Waals surface area contributed by atoms with E-state index in [2.05, 4.69) is 6.92 Å². The molecule has 1 aromatic rings. The van der Waals surface area contributed by atoms with Gasteiger partial charge in [-0.2, -0.15) is 0 Å². The molecule has 0 saturated heterocycles. The Morgan fingerprint density at radius 3 is 1.59 bits per heavy atom. The van der Waals surface area contributed by atoms with E-state index in [1.54, 1.807) is 12.1 Å². The molecule has 0 aliphatic rings. The van der Waals surface area contributed by atoms with Gasteiger partial charge < -0.3 is 10.2 Å². The topological polar surface area (TPSA) is 57.5 Å². The van der Waals surface area contributed by atoms with E-state index in [4.69, 9.17) is 0 Å². The second-order valence-electron chi connectivity index (χ2n) is 8.71. The van der Waals surface area contributed by atoms with E-state index >= 15 is 0 Å². The van der Waals surface area contributed by atoms with Crippen LogP contribution < -0.4 is 0 Å². The molecule has 0 spiro atoms. The molecule has 0 fully saturated rings. The van der Waals surface area contributed by atoms with E-state index in [0.29, 0.717) is 0 Å². The fourth-order valence-electron chi connectivity index (χ4n) is 4.16. The average Bonchev–Trinajstić information content (AvgIpc) is 2.71. The Morgan fingerprint density at radius 1 is 0.759 bits per heavy atom. The molecule has 0 heterocycles. The lowest BCUT2D eigenvalue weighted by atomic mass is 9.84. The number of hydrogen-bond acceptors (Lipinski definition) is 2. The SMILES string of the molecule is CCCCCCCCCCCCCCCCC(C(=O)O)C(C)c1ccc(O)cc1. The van der Waals surface area contributed by atoms with Gasteiger partial charge in [0.2, 0.25) is 0 Å². The average molecular weight is 405 g/mol. The normalized spacial score (nSPS) is 13.3. The van der Waals surface area contributed by atoms with Gasteiger partial charge in [0.05, 0.1) is 5.92 Å². The van der Waals surface area contributed by atoms with Crippen LogP contribution in [0, 0.1) is 5.92 Å². The number of unbranched alkanes of at least 4 members (excludes halogenated alkanes) is 13. The summed E-state index contributed by atoms with van der Waals surface area (Å²) in [6.07, 6.45) is 19.1. The third-order valence-corrected chi connectivity index (χ3v) is 6.21. The van der Waals surface area contributed by atoms with Crippen molar-refractivity contribution in [2.24, 2.45) is 5.92 Å². The maximum absolute atomic E-state index is 11.7. The van der Waals surface area contributed by atoms with Crippen LogP contribution in [0.3, 0.4) is 0 Å². The summed E-state index contributed by atoms with van der Waals surface area (Å²) < 4.78 is 0. The predicted octanol–water partition coefficient (Wildman–Crippen LogP) is 8.07. The molecule has 0 saturated carbocycles. The lowest BCUT2D eigenvalue weighted by Gasteiger charge is -2.20. The summed E-state index contributed by atoms with van der Waals surface area (Å²) in [5.41, 5.74) is 0.987. The van der Waals surface area contributed by atoms with E-state index in [1.165, 1.54) is 77.0 Å². The molecule has 3 heteroatoms. The molecule has 0 radical (unpaired) electrons. The van der Waals surface area contributed by atoms with E-state index in [-0.39, 0.29) is 17.6 Å². The largest absolute Gasteiger partial charge is 0.508 e. The number of aromatic hydroxyl groups is 1. The highest BCUT2D eigenvalue weighted by Gasteiger charge is 2.25. The van der Waals surface area contributed by atoms with Gasteiger partial charge in [0, 0.05) is 0 Å². The molecule has 0 aromatic heterocycles. The van der Waals surface area contributed by atoms with Crippen molar-refractivity contribution >= 4 is 5.97 Å². The monoisotopic (exact) mass is 404 g/mol. The highest BCUT2D eigenvalue weighted by atomic mass is 16.4. The van der Waals surface area contributed by atoms with E-state index in [9.17, 15) is 15.0 Å². The molecule has 0 aliphatic carbocycles. The molecular formula is C26H44O3. The second kappa shape index (κ2) is 16.3. The van der Waals surface area contributed by atoms with Crippen molar-refractivity contribution < 1.29 is 15.0 Å². The minimum absolute atomic E-state index is 0.0323. The van der Waals surface area contributed by atoms with Gasteiger partial charge in [-0.3, -0.25) is 4.79 Å². The van der Waals surface area contributed by atoms with E-state index in [0.717, 1.165) is 24.8 Å². The highest BCUT2D eigenvalue weighted by Crippen LogP contribution is 2.30. The van der Waals surface area contributed by atoms with Crippen LogP contribution in [-0.4, -0.2) is 16.2 Å². The first-order valence-corrected chi connectivity index (χ1v) is 12.1. The number of carboxylic acid groups (broad SMARTS) is 1. The maximum atomic E-state index is 11.7. The van der Waals surface area contributed by atoms with Crippen LogP contribution in [-0.2, 0) is 4.79 Å². The standard InChI is InChI=1S/C26H44O3/c1-3-4-5-6-7-8-9-10-11-12-13-14-15-16-17-25(26(28)29)22(2)23-18-20-24(27)21-19-23/h18-22,25,27H,3-17H2,1-2H3,(H,28,29). The Hall–Kier alpha value is -1.51. The lowest BCUT2D eigenvalue weighted by Crippen LogP contribution is -2.20. The Kier molecular flexibility index (Phi) is 14.4. The van der Waals surface area contributed by atoms with Gasteiger partial charge in [0.25, 0.3) is 0 Å². The Morgan fingerprint density at radius 2 is 1.17 bits per heavy atom. The number of benzene rings is 1. The number of rotatable bonds is 18. The quantitative estimate of drug-likeness (QED) is 0.243. The molecule has 2 unspecified atom stereocenters. The molecular weight excluding hydrogens is 360 g/mol. The van der Waals surface area contributed by atoms with Crippen LogP contribution in [0.15, 0.2) is 24.3 Å². The first-order valence-electron chi connectivity index (χ1n) is 12.1. The number of phenols is 1. The van der Waals surface area contributed by atoms with Gasteiger partial charge >= 0.3 is 5.97 Å². The van der Waals surface area contributed by atoms with E-state index < -0.39 is 5.97 Å². The molecule has 3 nitrogen and oxygen atoms in total. The highest BCUT2D eigenvalue weighted by molar-refractivity contribution is 5.71. The molecule has 29 heavy (non-hydrogen) atoms. The van der Waals surface area contributed by atoms with Gasteiger partial charge in [-0.05, 0) is 30.0 Å². The smallest absolute Gasteiger partial charge is 0.307 e. The summed E-state index contributed by atoms with van der Waals surface area (Å²) in [5, 5.41) is 19.0. The fraction of sp³-hybridized carbons (Fsp3) is 0.731. The van der Waals surface area contributed by atoms with Crippen LogP contribution in [0.25, 0.3) is 0 Å². The van der Waals surface area contributed by atoms with E-state index in [1.807, 2.05) is 19.1 Å². The Labute approximate surface area is 178 Å². The third kappa shape index (κ3) is 11.9. The molecule has 0 aliphatic heterocycles. The van der Waals surface area contributed by atoms with Crippen molar-refractivity contribution in [3.05, 3.63) is 29.8 Å². The number of carbonyl (C=O) groups is 1. The number of aliphatic carboxylic acids is 1. The molecule has 0 amide bonds. The van der Waals surface area contributed by atoms with Crippen molar-refractivity contribution in [3.63, 3.8) is 0 Å². The fourth-order valence-corrected chi connectivity index (χ4v) is 4.16. The number of carboxylic acids is 1. The zero-order valence-electron chi connectivity index (χ0n) is 18.9. The molecule has 2 N–H and O–H groups in total. The number of hydrogen-bond donors (Lipinski definition) is 2. The first-order chi connectivity index (χ1) is 14.1. The van der Waals surface area contributed by atoms with Gasteiger partial charge in [-0.25, -0.2) is 0 Å². The summed E-state index contributed by atoms with van der Waals surface area (Å²) in [6.45, 7) is 4.25. The van der Waals surface area contributed by atoms with Gasteiger partial charge in [-0.1, -0.05) is 116 Å². The molecule has 2 atom stereocenters. The van der Waals surface area contributed by atoms with Crippen molar-refractivity contribution in [1.82, 2.24) is 0 Å². The maximum Gasteiger partial charge on any atom is 0.307 e. The first kappa shape index (κ1) is 25.5. The van der Waals surface area contributed by atoms with Crippen molar-refractivity contribution in [2.75, 3.05) is 0 Å². The van der Waals surface area contributed by atoms with Gasteiger partial charge in [0.1, 0.15) is 5.75 Å². The van der Waals surface area contributed by atoms with Gasteiger partial charge in [-0.15, -0.1) is 0 Å². The van der Waals surface area contributed by atoms with Crippen LogP contribution in [0.5, 0.6) is 5.75 Å².